The van der Waals surface area contributed by atoms with Crippen LogP contribution in [0.2, 0.25) is 0 Å². The zero-order chi connectivity index (χ0) is 16.3. The fraction of sp³-hybridized carbons (Fsp3) is 0.333. The number of hydrogen-bond acceptors (Lipinski definition) is 4. The molecule has 1 heterocycles. The van der Waals surface area contributed by atoms with Crippen molar-refractivity contribution in [1.29, 1.82) is 0 Å². The van der Waals surface area contributed by atoms with Gasteiger partial charge in [-0.2, -0.15) is 11.3 Å². The van der Waals surface area contributed by atoms with E-state index >= 15 is 0 Å². The number of halogens is 1. The average Bonchev–Trinajstić information content (AvgIpc) is 2.91. The topological polar surface area (TPSA) is 49.4 Å². The number of benzene rings is 1. The van der Waals surface area contributed by atoms with Gasteiger partial charge in [-0.3, -0.25) is 0 Å². The van der Waals surface area contributed by atoms with Gasteiger partial charge in [-0.25, -0.2) is 13.1 Å². The molecular weight excluding hydrogens is 384 g/mol. The van der Waals surface area contributed by atoms with Crippen LogP contribution in [0.4, 0.5) is 0 Å². The molecule has 0 saturated carbocycles. The fourth-order valence-corrected chi connectivity index (χ4v) is 5.09. The molecule has 0 amide bonds. The molecule has 7 heteroatoms. The molecule has 2 rings (SSSR count). The normalized spacial score (nSPS) is 13.5. The van der Waals surface area contributed by atoms with E-state index in [2.05, 4.69) is 20.7 Å². The maximum Gasteiger partial charge on any atom is 0.241 e. The number of sulfonamides is 1. The van der Waals surface area contributed by atoms with Crippen LogP contribution in [-0.4, -0.2) is 34.0 Å². The Labute approximate surface area is 144 Å². The summed E-state index contributed by atoms with van der Waals surface area (Å²) in [5.41, 5.74) is 2.12. The predicted octanol–water partition coefficient (Wildman–Crippen LogP) is 3.40. The molecule has 1 atom stereocenters. The van der Waals surface area contributed by atoms with Crippen LogP contribution in [0.25, 0.3) is 0 Å². The average molecular weight is 403 g/mol. The first-order chi connectivity index (χ1) is 10.3. The molecule has 0 fully saturated rings. The summed E-state index contributed by atoms with van der Waals surface area (Å²) in [6.45, 7) is 2.25. The molecule has 120 valence electrons. The number of likely N-dealkylation sites (N-methyl/N-ethyl adjacent to an activating group) is 1. The molecule has 0 bridgehead atoms. The third-order valence-electron chi connectivity index (χ3n) is 3.39. The minimum atomic E-state index is -3.55. The first kappa shape index (κ1) is 17.6. The zero-order valence-corrected chi connectivity index (χ0v) is 15.9. The predicted molar refractivity (Wildman–Crippen MR) is 94.8 cm³/mol. The molecule has 1 N–H and O–H groups in total. The van der Waals surface area contributed by atoms with Gasteiger partial charge in [-0.15, -0.1) is 0 Å². The van der Waals surface area contributed by atoms with E-state index in [9.17, 15) is 8.42 Å². The minimum absolute atomic E-state index is 0.00486. The van der Waals surface area contributed by atoms with Gasteiger partial charge in [-0.1, -0.05) is 6.07 Å². The van der Waals surface area contributed by atoms with Crippen LogP contribution in [0.3, 0.4) is 0 Å². The first-order valence-corrected chi connectivity index (χ1v) is 9.97. The lowest BCUT2D eigenvalue weighted by Gasteiger charge is -2.24. The monoisotopic (exact) mass is 402 g/mol. The van der Waals surface area contributed by atoms with Crippen LogP contribution in [0.1, 0.15) is 17.2 Å². The third kappa shape index (κ3) is 4.17. The molecule has 1 aromatic heterocycles. The summed E-state index contributed by atoms with van der Waals surface area (Å²) >= 11 is 4.94. The number of nitrogens with zero attached hydrogens (tertiary/aromatic N) is 1. The highest BCUT2D eigenvalue weighted by atomic mass is 79.9. The van der Waals surface area contributed by atoms with Crippen LogP contribution in [-0.2, 0) is 10.0 Å². The van der Waals surface area contributed by atoms with Gasteiger partial charge in [0, 0.05) is 17.1 Å². The van der Waals surface area contributed by atoms with Crippen molar-refractivity contribution in [3.63, 3.8) is 0 Å². The van der Waals surface area contributed by atoms with E-state index in [1.807, 2.05) is 42.7 Å². The second-order valence-electron chi connectivity index (χ2n) is 5.32. The van der Waals surface area contributed by atoms with Crippen molar-refractivity contribution in [2.24, 2.45) is 0 Å². The van der Waals surface area contributed by atoms with Crippen LogP contribution in [0.5, 0.6) is 0 Å². The Bertz CT molecular complexity index is 728. The molecule has 4 nitrogen and oxygen atoms in total. The van der Waals surface area contributed by atoms with E-state index < -0.39 is 10.0 Å². The van der Waals surface area contributed by atoms with Crippen molar-refractivity contribution in [3.05, 3.63) is 50.6 Å². The molecule has 0 aliphatic rings. The lowest BCUT2D eigenvalue weighted by Crippen LogP contribution is -2.34. The number of thiophene rings is 1. The Balaban J connectivity index is 2.18. The van der Waals surface area contributed by atoms with Crippen molar-refractivity contribution < 1.29 is 8.42 Å². The smallest absolute Gasteiger partial charge is 0.241 e. The van der Waals surface area contributed by atoms with Crippen LogP contribution >= 0.6 is 27.3 Å². The summed E-state index contributed by atoms with van der Waals surface area (Å²) in [5.74, 6) is 0. The van der Waals surface area contributed by atoms with E-state index in [-0.39, 0.29) is 10.9 Å². The SMILES string of the molecule is Cc1ccc(S(=O)(=O)NCC(c2ccsc2)N(C)C)c(Br)c1. The molecule has 0 spiro atoms. The van der Waals surface area contributed by atoms with Gasteiger partial charge >= 0.3 is 0 Å². The summed E-state index contributed by atoms with van der Waals surface area (Å²) in [4.78, 5) is 2.27. The summed E-state index contributed by atoms with van der Waals surface area (Å²) in [5, 5.41) is 4.04. The van der Waals surface area contributed by atoms with Gasteiger partial charge in [0.2, 0.25) is 10.0 Å². The Morgan fingerprint density at radius 1 is 1.32 bits per heavy atom. The van der Waals surface area contributed by atoms with Crippen molar-refractivity contribution in [2.45, 2.75) is 17.9 Å². The maximum absolute atomic E-state index is 12.5. The van der Waals surface area contributed by atoms with Crippen LogP contribution in [0, 0.1) is 6.92 Å². The number of hydrogen-bond donors (Lipinski definition) is 1. The Kier molecular flexibility index (Phi) is 5.79. The van der Waals surface area contributed by atoms with Gasteiger partial charge in [0.25, 0.3) is 0 Å². The maximum atomic E-state index is 12.5. The molecular formula is C15H19BrN2O2S2. The lowest BCUT2D eigenvalue weighted by molar-refractivity contribution is 0.300. The highest BCUT2D eigenvalue weighted by molar-refractivity contribution is 9.10. The van der Waals surface area contributed by atoms with Gasteiger partial charge in [0.05, 0.1) is 4.90 Å². The quantitative estimate of drug-likeness (QED) is 0.805. The van der Waals surface area contributed by atoms with Gasteiger partial charge in [-0.05, 0) is 77.0 Å². The van der Waals surface area contributed by atoms with Crippen molar-refractivity contribution in [2.75, 3.05) is 20.6 Å². The van der Waals surface area contributed by atoms with E-state index in [1.165, 1.54) is 0 Å². The highest BCUT2D eigenvalue weighted by Crippen LogP contribution is 2.24. The van der Waals surface area contributed by atoms with E-state index in [4.69, 9.17) is 0 Å². The number of aryl methyl sites for hydroxylation is 1. The molecule has 0 saturated heterocycles. The van der Waals surface area contributed by atoms with E-state index in [0.717, 1.165) is 11.1 Å². The van der Waals surface area contributed by atoms with Gasteiger partial charge in [0.1, 0.15) is 0 Å². The first-order valence-electron chi connectivity index (χ1n) is 6.75. The van der Waals surface area contributed by atoms with E-state index in [0.29, 0.717) is 11.0 Å². The summed E-state index contributed by atoms with van der Waals surface area (Å²) in [6.07, 6.45) is 0. The Morgan fingerprint density at radius 2 is 2.05 bits per heavy atom. The molecule has 1 unspecified atom stereocenters. The minimum Gasteiger partial charge on any atom is -0.301 e. The van der Waals surface area contributed by atoms with Gasteiger partial charge < -0.3 is 4.90 Å². The Hall–Kier alpha value is -0.730. The van der Waals surface area contributed by atoms with Crippen molar-refractivity contribution in [3.8, 4) is 0 Å². The molecule has 0 aliphatic heterocycles. The molecule has 0 aliphatic carbocycles. The highest BCUT2D eigenvalue weighted by Gasteiger charge is 2.21. The fourth-order valence-electron chi connectivity index (χ4n) is 2.15. The largest absolute Gasteiger partial charge is 0.301 e. The Morgan fingerprint density at radius 3 is 2.59 bits per heavy atom. The number of rotatable bonds is 6. The lowest BCUT2D eigenvalue weighted by atomic mass is 10.1. The molecule has 22 heavy (non-hydrogen) atoms. The summed E-state index contributed by atoms with van der Waals surface area (Å²) in [7, 11) is 0.338. The summed E-state index contributed by atoms with van der Waals surface area (Å²) in [6, 6.07) is 7.24. The van der Waals surface area contributed by atoms with E-state index in [1.54, 1.807) is 29.5 Å². The molecule has 2 aromatic rings. The van der Waals surface area contributed by atoms with Crippen LogP contribution in [0.15, 0.2) is 44.4 Å². The molecule has 0 radical (unpaired) electrons. The second-order valence-corrected chi connectivity index (χ2v) is 8.69. The zero-order valence-electron chi connectivity index (χ0n) is 12.7. The third-order valence-corrected chi connectivity index (χ3v) is 6.50. The van der Waals surface area contributed by atoms with Crippen LogP contribution < -0.4 is 4.72 Å². The number of nitrogens with one attached hydrogen (secondary N) is 1. The molecule has 1 aromatic carbocycles. The van der Waals surface area contributed by atoms with Gasteiger partial charge in [0.15, 0.2) is 0 Å². The van der Waals surface area contributed by atoms with Crippen molar-refractivity contribution in [1.82, 2.24) is 9.62 Å². The second kappa shape index (κ2) is 7.23. The summed E-state index contributed by atoms with van der Waals surface area (Å²) < 4.78 is 28.3. The standard InChI is InChI=1S/C15H19BrN2O2S2/c1-11-4-5-15(13(16)8-11)22(19,20)17-9-14(18(2)3)12-6-7-21-10-12/h4-8,10,14,17H,9H2,1-3H3. The van der Waals surface area contributed by atoms with Crippen molar-refractivity contribution >= 4 is 37.3 Å².